The number of hydrogen-bond donors (Lipinski definition) is 1. The van der Waals surface area contributed by atoms with Crippen molar-refractivity contribution in [1.29, 1.82) is 0 Å². The van der Waals surface area contributed by atoms with Crippen LogP contribution in [0.4, 0.5) is 10.1 Å². The summed E-state index contributed by atoms with van der Waals surface area (Å²) in [5.41, 5.74) is 0.422. The van der Waals surface area contributed by atoms with Gasteiger partial charge in [-0.05, 0) is 25.0 Å². The summed E-state index contributed by atoms with van der Waals surface area (Å²) in [5.74, 6) is -1.33. The van der Waals surface area contributed by atoms with Gasteiger partial charge < -0.3 is 10.1 Å². The molecule has 0 radical (unpaired) electrons. The van der Waals surface area contributed by atoms with Gasteiger partial charge in [0.15, 0.2) is 0 Å². The molecule has 7 heteroatoms. The van der Waals surface area contributed by atoms with Crippen molar-refractivity contribution in [3.63, 3.8) is 0 Å². The largest absolute Gasteiger partial charge is 0.376 e. The molecule has 2 aromatic rings. The predicted octanol–water partition coefficient (Wildman–Crippen LogP) is 1.85. The lowest BCUT2D eigenvalue weighted by molar-refractivity contribution is 0.0940. The minimum absolute atomic E-state index is 0.0932. The molecule has 3 rings (SSSR count). The fourth-order valence-electron chi connectivity index (χ4n) is 2.28. The summed E-state index contributed by atoms with van der Waals surface area (Å²) in [6.07, 6.45) is 6.78. The molecule has 0 spiro atoms. The third kappa shape index (κ3) is 3.25. The van der Waals surface area contributed by atoms with Gasteiger partial charge in [0.2, 0.25) is 5.95 Å². The first-order valence-electron chi connectivity index (χ1n) is 6.78. The van der Waals surface area contributed by atoms with Gasteiger partial charge in [-0.15, -0.1) is 0 Å². The highest BCUT2D eigenvalue weighted by Gasteiger charge is 2.17. The maximum atomic E-state index is 13.4. The van der Waals surface area contributed by atoms with Crippen molar-refractivity contribution in [2.24, 2.45) is 0 Å². The van der Waals surface area contributed by atoms with Crippen molar-refractivity contribution in [3.05, 3.63) is 42.2 Å². The van der Waals surface area contributed by atoms with Gasteiger partial charge in [0.1, 0.15) is 0 Å². The summed E-state index contributed by atoms with van der Waals surface area (Å²) in [5, 5.41) is 6.76. The number of rotatable bonds is 4. The standard InChI is InChI=1S/C14H15FN4O2/c15-13-12(4-1-5-16-13)14(20)18-10-7-17-19(8-10)9-11-3-2-6-21-11/h1,4-5,7-8,11H,2-3,6,9H2,(H,18,20). The van der Waals surface area contributed by atoms with E-state index in [1.54, 1.807) is 10.9 Å². The Labute approximate surface area is 120 Å². The average Bonchev–Trinajstić information content (AvgIpc) is 3.12. The van der Waals surface area contributed by atoms with Gasteiger partial charge in [-0.2, -0.15) is 9.49 Å². The van der Waals surface area contributed by atoms with E-state index in [0.29, 0.717) is 12.2 Å². The molecule has 0 bridgehead atoms. The van der Waals surface area contributed by atoms with E-state index in [2.05, 4.69) is 15.4 Å². The first-order chi connectivity index (χ1) is 10.2. The summed E-state index contributed by atoms with van der Waals surface area (Å²) in [6.45, 7) is 1.44. The topological polar surface area (TPSA) is 69.0 Å². The van der Waals surface area contributed by atoms with Crippen molar-refractivity contribution < 1.29 is 13.9 Å². The zero-order valence-electron chi connectivity index (χ0n) is 11.3. The summed E-state index contributed by atoms with van der Waals surface area (Å²) >= 11 is 0. The van der Waals surface area contributed by atoms with Gasteiger partial charge >= 0.3 is 0 Å². The maximum absolute atomic E-state index is 13.4. The highest BCUT2D eigenvalue weighted by Crippen LogP contribution is 2.15. The van der Waals surface area contributed by atoms with Crippen LogP contribution in [0.15, 0.2) is 30.7 Å². The first kappa shape index (κ1) is 13.7. The lowest BCUT2D eigenvalue weighted by Gasteiger charge is -2.08. The quantitative estimate of drug-likeness (QED) is 0.872. The molecule has 1 N–H and O–H groups in total. The normalized spacial score (nSPS) is 17.9. The van der Waals surface area contributed by atoms with E-state index in [-0.39, 0.29) is 11.7 Å². The highest BCUT2D eigenvalue weighted by atomic mass is 19.1. The Bertz CT molecular complexity index is 637. The van der Waals surface area contributed by atoms with Gasteiger partial charge in [0, 0.05) is 19.0 Å². The van der Waals surface area contributed by atoms with Gasteiger partial charge in [-0.25, -0.2) is 4.98 Å². The first-order valence-corrected chi connectivity index (χ1v) is 6.78. The number of carbonyl (C=O) groups is 1. The van der Waals surface area contributed by atoms with Crippen molar-refractivity contribution in [3.8, 4) is 0 Å². The minimum atomic E-state index is -0.790. The highest BCUT2D eigenvalue weighted by molar-refractivity contribution is 6.04. The Morgan fingerprint density at radius 1 is 1.57 bits per heavy atom. The van der Waals surface area contributed by atoms with E-state index in [1.807, 2.05) is 0 Å². The van der Waals surface area contributed by atoms with Crippen LogP contribution in [0.1, 0.15) is 23.2 Å². The molecular weight excluding hydrogens is 275 g/mol. The molecule has 1 saturated heterocycles. The van der Waals surface area contributed by atoms with Gasteiger partial charge in [-0.3, -0.25) is 9.48 Å². The Morgan fingerprint density at radius 2 is 2.48 bits per heavy atom. The van der Waals surface area contributed by atoms with Crippen LogP contribution in [0.3, 0.4) is 0 Å². The zero-order chi connectivity index (χ0) is 14.7. The van der Waals surface area contributed by atoms with E-state index in [4.69, 9.17) is 4.74 Å². The third-order valence-corrected chi connectivity index (χ3v) is 3.31. The Morgan fingerprint density at radius 3 is 3.24 bits per heavy atom. The van der Waals surface area contributed by atoms with E-state index in [1.165, 1.54) is 24.5 Å². The molecule has 1 unspecified atom stereocenters. The molecule has 1 fully saturated rings. The third-order valence-electron chi connectivity index (χ3n) is 3.31. The number of amides is 1. The molecule has 0 saturated carbocycles. The number of halogens is 1. The summed E-state index contributed by atoms with van der Waals surface area (Å²) in [7, 11) is 0. The van der Waals surface area contributed by atoms with Crippen LogP contribution in [0.5, 0.6) is 0 Å². The van der Waals surface area contributed by atoms with Crippen LogP contribution in [-0.4, -0.2) is 33.4 Å². The summed E-state index contributed by atoms with van der Waals surface area (Å²) < 4.78 is 20.6. The minimum Gasteiger partial charge on any atom is -0.376 e. The van der Waals surface area contributed by atoms with Gasteiger partial charge in [0.25, 0.3) is 5.91 Å². The van der Waals surface area contributed by atoms with Crippen molar-refractivity contribution in [1.82, 2.24) is 14.8 Å². The maximum Gasteiger partial charge on any atom is 0.260 e. The van der Waals surface area contributed by atoms with E-state index >= 15 is 0 Å². The van der Waals surface area contributed by atoms with Crippen molar-refractivity contribution in [2.75, 3.05) is 11.9 Å². The predicted molar refractivity (Wildman–Crippen MR) is 73.3 cm³/mol. The fraction of sp³-hybridized carbons (Fsp3) is 0.357. The number of hydrogen-bond acceptors (Lipinski definition) is 4. The smallest absolute Gasteiger partial charge is 0.260 e. The van der Waals surface area contributed by atoms with E-state index < -0.39 is 11.9 Å². The van der Waals surface area contributed by atoms with Crippen LogP contribution < -0.4 is 5.32 Å². The molecule has 0 aliphatic carbocycles. The van der Waals surface area contributed by atoms with E-state index in [0.717, 1.165) is 19.4 Å². The second kappa shape index (κ2) is 6.01. The van der Waals surface area contributed by atoms with Crippen LogP contribution in [0, 0.1) is 5.95 Å². The molecule has 1 amide bonds. The van der Waals surface area contributed by atoms with Crippen molar-refractivity contribution in [2.45, 2.75) is 25.5 Å². The number of nitrogens with zero attached hydrogens (tertiary/aromatic N) is 3. The molecule has 3 heterocycles. The number of nitrogens with one attached hydrogen (secondary N) is 1. The molecule has 110 valence electrons. The molecule has 2 aromatic heterocycles. The Kier molecular flexibility index (Phi) is 3.92. The molecule has 6 nitrogen and oxygen atoms in total. The van der Waals surface area contributed by atoms with Crippen molar-refractivity contribution >= 4 is 11.6 Å². The van der Waals surface area contributed by atoms with Crippen LogP contribution >= 0.6 is 0 Å². The monoisotopic (exact) mass is 290 g/mol. The molecule has 21 heavy (non-hydrogen) atoms. The summed E-state index contributed by atoms with van der Waals surface area (Å²) in [6, 6.07) is 2.90. The lowest BCUT2D eigenvalue weighted by Crippen LogP contribution is -2.15. The number of aromatic nitrogens is 3. The fourth-order valence-corrected chi connectivity index (χ4v) is 2.28. The van der Waals surface area contributed by atoms with Crippen LogP contribution in [0.2, 0.25) is 0 Å². The average molecular weight is 290 g/mol. The Balaban J connectivity index is 1.64. The molecule has 1 aliphatic heterocycles. The van der Waals surface area contributed by atoms with Crippen LogP contribution in [-0.2, 0) is 11.3 Å². The molecule has 1 aliphatic rings. The molecular formula is C14H15FN4O2. The second-order valence-electron chi connectivity index (χ2n) is 4.88. The van der Waals surface area contributed by atoms with Gasteiger partial charge in [0.05, 0.1) is 30.1 Å². The number of ether oxygens (including phenoxy) is 1. The molecule has 1 atom stereocenters. The number of carbonyl (C=O) groups excluding carboxylic acids is 1. The molecule has 0 aromatic carbocycles. The Hall–Kier alpha value is -2.28. The number of pyridine rings is 1. The van der Waals surface area contributed by atoms with E-state index in [9.17, 15) is 9.18 Å². The van der Waals surface area contributed by atoms with Crippen LogP contribution in [0.25, 0.3) is 0 Å². The zero-order valence-corrected chi connectivity index (χ0v) is 11.3. The second-order valence-corrected chi connectivity index (χ2v) is 4.88. The summed E-state index contributed by atoms with van der Waals surface area (Å²) in [4.78, 5) is 15.4. The van der Waals surface area contributed by atoms with Gasteiger partial charge in [-0.1, -0.05) is 0 Å². The SMILES string of the molecule is O=C(Nc1cnn(CC2CCCO2)c1)c1cccnc1F. The number of anilines is 1. The lowest BCUT2D eigenvalue weighted by atomic mass is 10.2.